The zero-order chi connectivity index (χ0) is 54.5. The van der Waals surface area contributed by atoms with Crippen molar-refractivity contribution in [3.8, 4) is 0 Å². The molecule has 424 valence electrons. The standard InChI is InChI=1S/C53H91N3O16P2/c1-4-6-7-8-24-29-34-44(57)35-30-25-20-17-18-21-26-31-36-48(58)67-40-45(70-49(59)37-32-27-22-16-14-12-10-9-11-13-15-19-23-28-33-43(3)5-2)41-68-73(63,64)72-74(65,66)69-42-46-50(60)51(61)52(71-46)56-39-38-47(54)55-53(56)62/h18,20-21,24-25,29-30,35,38-39,43-46,50-52,57,60-61H,4-17,19,22-23,26-28,31-34,36-37,40-42H2,1-3H3,(H,63,64)(H,65,66)(H2,54,55,62)/b21-18-,25-20-,29-24-,35-30+/t43?,44-,45-,46-,50-,51-,52-/m1/s1. The van der Waals surface area contributed by atoms with Gasteiger partial charge in [-0.05, 0) is 56.9 Å². The Balaban J connectivity index is 1.82. The fourth-order valence-electron chi connectivity index (χ4n) is 7.90. The smallest absolute Gasteiger partial charge is 0.462 e. The molecule has 7 N–H and O–H groups in total. The van der Waals surface area contributed by atoms with Crippen LogP contribution in [0.15, 0.2) is 65.7 Å². The molecule has 21 heteroatoms. The number of anilines is 1. The molecule has 9 atom stereocenters. The number of nitrogens with two attached hydrogens (primary N) is 1. The molecule has 0 amide bonds. The number of esters is 2. The van der Waals surface area contributed by atoms with Crippen molar-refractivity contribution in [2.24, 2.45) is 5.92 Å². The van der Waals surface area contributed by atoms with E-state index < -0.39 is 89.8 Å². The average Bonchev–Trinajstić information content (AvgIpc) is 3.63. The average molecular weight is 1090 g/mol. The van der Waals surface area contributed by atoms with Gasteiger partial charge in [0.05, 0.1) is 19.3 Å². The second kappa shape index (κ2) is 40.0. The number of ether oxygens (including phenoxy) is 3. The summed E-state index contributed by atoms with van der Waals surface area (Å²) in [6, 6.07) is 1.24. The molecule has 1 fully saturated rings. The van der Waals surface area contributed by atoms with Gasteiger partial charge in [0.2, 0.25) is 0 Å². The SMILES string of the molecule is CCCCC/C=C\C[C@@H](O)/C=C/C=C\C/C=C\CCCC(=O)OC[C@H](COP(=O)(O)OP(=O)(O)OC[C@H]1O[C@@H](n2ccc(N)nc2=O)[C@H](O)[C@@H]1O)OC(=O)CCCCCCCCCCCCCCCCC(C)CC. The molecule has 0 aromatic carbocycles. The third-order valence-electron chi connectivity index (χ3n) is 12.5. The van der Waals surface area contributed by atoms with Crippen molar-refractivity contribution in [1.82, 2.24) is 9.55 Å². The molecular weight excluding hydrogens is 997 g/mol. The summed E-state index contributed by atoms with van der Waals surface area (Å²) in [5, 5.41) is 31.0. The van der Waals surface area contributed by atoms with Crippen LogP contribution in [-0.2, 0) is 46.3 Å². The van der Waals surface area contributed by atoms with Gasteiger partial charge in [-0.15, -0.1) is 0 Å². The number of rotatable bonds is 44. The second-order valence-corrected chi connectivity index (χ2v) is 22.2. The normalized spacial score (nSPS) is 20.1. The molecule has 1 aromatic heterocycles. The van der Waals surface area contributed by atoms with E-state index in [1.54, 1.807) is 12.2 Å². The maximum atomic E-state index is 12.9. The highest BCUT2D eigenvalue weighted by molar-refractivity contribution is 7.61. The predicted octanol–water partition coefficient (Wildman–Crippen LogP) is 10.6. The third kappa shape index (κ3) is 32.3. The van der Waals surface area contributed by atoms with E-state index in [2.05, 4.69) is 36.1 Å². The van der Waals surface area contributed by atoms with Crippen LogP contribution in [0.25, 0.3) is 0 Å². The molecule has 2 heterocycles. The second-order valence-electron chi connectivity index (χ2n) is 19.2. The summed E-state index contributed by atoms with van der Waals surface area (Å²) in [5.74, 6) is -0.564. The number of hydrogen-bond acceptors (Lipinski definition) is 16. The molecule has 74 heavy (non-hydrogen) atoms. The summed E-state index contributed by atoms with van der Waals surface area (Å²) in [5.41, 5.74) is 4.58. The molecule has 2 rings (SSSR count). The van der Waals surface area contributed by atoms with Crippen LogP contribution in [0, 0.1) is 5.92 Å². The number of phosphoric ester groups is 2. The Morgan fingerprint density at radius 3 is 2.03 bits per heavy atom. The minimum atomic E-state index is -5.45. The van der Waals surface area contributed by atoms with E-state index in [-0.39, 0.29) is 18.7 Å². The monoisotopic (exact) mass is 1090 g/mol. The van der Waals surface area contributed by atoms with Crippen molar-refractivity contribution >= 4 is 33.4 Å². The first-order chi connectivity index (χ1) is 35.5. The highest BCUT2D eigenvalue weighted by atomic mass is 31.3. The lowest BCUT2D eigenvalue weighted by molar-refractivity contribution is -0.161. The number of unbranched alkanes of at least 4 members (excludes halogenated alkanes) is 17. The van der Waals surface area contributed by atoms with Gasteiger partial charge in [0, 0.05) is 19.0 Å². The number of hydrogen-bond donors (Lipinski definition) is 6. The van der Waals surface area contributed by atoms with Gasteiger partial charge in [-0.3, -0.25) is 23.2 Å². The molecule has 1 aliphatic rings. The van der Waals surface area contributed by atoms with Crippen molar-refractivity contribution in [3.05, 3.63) is 71.4 Å². The Bertz CT molecular complexity index is 1960. The number of nitrogen functional groups attached to an aromatic ring is 1. The quantitative estimate of drug-likeness (QED) is 0.0116. The zero-order valence-corrected chi connectivity index (χ0v) is 46.2. The van der Waals surface area contributed by atoms with Crippen LogP contribution in [-0.4, -0.2) is 96.9 Å². The molecule has 1 aliphatic heterocycles. The molecular formula is C53H91N3O16P2. The van der Waals surface area contributed by atoms with E-state index in [0.29, 0.717) is 32.1 Å². The van der Waals surface area contributed by atoms with E-state index in [0.717, 1.165) is 55.2 Å². The van der Waals surface area contributed by atoms with Gasteiger partial charge in [0.25, 0.3) is 0 Å². The predicted molar refractivity (Wildman–Crippen MR) is 285 cm³/mol. The summed E-state index contributed by atoms with van der Waals surface area (Å²) in [6.07, 6.45) is 33.6. The van der Waals surface area contributed by atoms with Crippen LogP contribution < -0.4 is 11.4 Å². The Labute approximate surface area is 440 Å². The molecule has 0 saturated carbocycles. The molecule has 0 radical (unpaired) electrons. The summed E-state index contributed by atoms with van der Waals surface area (Å²) in [6.45, 7) is 4.36. The molecule has 0 aliphatic carbocycles. The number of carbonyl (C=O) groups is 2. The van der Waals surface area contributed by atoms with E-state index in [1.807, 2.05) is 30.4 Å². The fraction of sp³-hybridized carbons (Fsp3) is 0.736. The van der Waals surface area contributed by atoms with Gasteiger partial charge < -0.3 is 45.1 Å². The lowest BCUT2D eigenvalue weighted by Crippen LogP contribution is -2.36. The number of aromatic nitrogens is 2. The Kier molecular flexibility index (Phi) is 36.1. The summed E-state index contributed by atoms with van der Waals surface area (Å²) in [4.78, 5) is 62.0. The zero-order valence-electron chi connectivity index (χ0n) is 44.4. The van der Waals surface area contributed by atoms with E-state index in [4.69, 9.17) is 29.0 Å². The van der Waals surface area contributed by atoms with Crippen LogP contribution in [0.1, 0.15) is 194 Å². The fourth-order valence-corrected chi connectivity index (χ4v) is 10.0. The molecule has 0 spiro atoms. The van der Waals surface area contributed by atoms with Crippen molar-refractivity contribution in [2.75, 3.05) is 25.6 Å². The number of aliphatic hydroxyl groups excluding tert-OH is 3. The van der Waals surface area contributed by atoms with Crippen molar-refractivity contribution in [2.45, 2.75) is 224 Å². The minimum absolute atomic E-state index is 0.0194. The Morgan fingerprint density at radius 1 is 0.770 bits per heavy atom. The van der Waals surface area contributed by atoms with Gasteiger partial charge >= 0.3 is 33.3 Å². The van der Waals surface area contributed by atoms with Crippen LogP contribution in [0.5, 0.6) is 0 Å². The van der Waals surface area contributed by atoms with E-state index >= 15 is 0 Å². The topological polar surface area (TPSA) is 286 Å². The number of aliphatic hydroxyl groups is 3. The van der Waals surface area contributed by atoms with Gasteiger partial charge in [0.1, 0.15) is 30.7 Å². The maximum Gasteiger partial charge on any atom is 0.481 e. The van der Waals surface area contributed by atoms with Crippen LogP contribution in [0.3, 0.4) is 0 Å². The van der Waals surface area contributed by atoms with Gasteiger partial charge in [-0.2, -0.15) is 9.29 Å². The molecule has 3 unspecified atom stereocenters. The van der Waals surface area contributed by atoms with Gasteiger partial charge in [-0.25, -0.2) is 13.9 Å². The first kappa shape index (κ1) is 66.8. The van der Waals surface area contributed by atoms with Crippen LogP contribution >= 0.6 is 15.6 Å². The minimum Gasteiger partial charge on any atom is -0.462 e. The highest BCUT2D eigenvalue weighted by Crippen LogP contribution is 2.60. The first-order valence-electron chi connectivity index (χ1n) is 27.2. The number of allylic oxidation sites excluding steroid dienone is 6. The maximum absolute atomic E-state index is 12.9. The number of carbonyl (C=O) groups excluding carboxylic acids is 2. The molecule has 19 nitrogen and oxygen atoms in total. The third-order valence-corrected chi connectivity index (χ3v) is 15.1. The Hall–Kier alpha value is -3.32. The van der Waals surface area contributed by atoms with Crippen molar-refractivity contribution in [3.63, 3.8) is 0 Å². The van der Waals surface area contributed by atoms with E-state index in [9.17, 15) is 48.6 Å². The van der Waals surface area contributed by atoms with Crippen molar-refractivity contribution < 1.29 is 71.4 Å². The van der Waals surface area contributed by atoms with Crippen molar-refractivity contribution in [1.29, 1.82) is 0 Å². The lowest BCUT2D eigenvalue weighted by atomic mass is 9.99. The summed E-state index contributed by atoms with van der Waals surface area (Å²) in [7, 11) is -10.9. The van der Waals surface area contributed by atoms with Gasteiger partial charge in [-0.1, -0.05) is 179 Å². The van der Waals surface area contributed by atoms with E-state index in [1.165, 1.54) is 89.5 Å². The number of nitrogens with zero attached hydrogens (tertiary/aromatic N) is 2. The molecule has 1 saturated heterocycles. The number of phosphoric acid groups is 2. The van der Waals surface area contributed by atoms with Crippen LogP contribution in [0.2, 0.25) is 0 Å². The summed E-state index contributed by atoms with van der Waals surface area (Å²) >= 11 is 0. The Morgan fingerprint density at radius 2 is 1.38 bits per heavy atom. The van der Waals surface area contributed by atoms with Gasteiger partial charge in [0.15, 0.2) is 12.3 Å². The molecule has 0 bridgehead atoms. The first-order valence-corrected chi connectivity index (χ1v) is 30.1. The molecule has 1 aromatic rings. The largest absolute Gasteiger partial charge is 0.481 e. The van der Waals surface area contributed by atoms with Crippen LogP contribution in [0.4, 0.5) is 5.82 Å². The summed E-state index contributed by atoms with van der Waals surface area (Å²) < 4.78 is 56.8. The lowest BCUT2D eigenvalue weighted by Gasteiger charge is -2.21. The highest BCUT2D eigenvalue weighted by Gasteiger charge is 2.46.